The van der Waals surface area contributed by atoms with Crippen LogP contribution in [-0.2, 0) is 6.54 Å². The predicted molar refractivity (Wildman–Crippen MR) is 82.1 cm³/mol. The minimum atomic E-state index is -0.222. The van der Waals surface area contributed by atoms with Gasteiger partial charge in [0.2, 0.25) is 5.88 Å². The van der Waals surface area contributed by atoms with Crippen molar-refractivity contribution in [1.29, 1.82) is 0 Å². The number of nitroso groups, excluding NO2 is 1. The molecule has 0 aliphatic carbocycles. The molecule has 0 amide bonds. The lowest BCUT2D eigenvalue weighted by Gasteiger charge is -2.21. The van der Waals surface area contributed by atoms with Crippen LogP contribution in [0.2, 0.25) is 0 Å². The average Bonchev–Trinajstić information content (AvgIpc) is 2.51. The molecule has 2 aromatic rings. The molecule has 21 heavy (non-hydrogen) atoms. The monoisotopic (exact) mass is 290 g/mol. The van der Waals surface area contributed by atoms with Crippen LogP contribution in [0.1, 0.15) is 19.4 Å². The van der Waals surface area contributed by atoms with Gasteiger partial charge in [0, 0.05) is 19.2 Å². The standard InChI is InChI=1S/C15H18N2O4/c1-4-17(5-2)15-12(9-16-19)14(18)11-7-6-10(20-3)8-13(11)21-15/h6-8H,4-5,9H2,1-3H3. The highest BCUT2D eigenvalue weighted by molar-refractivity contribution is 5.80. The van der Waals surface area contributed by atoms with Crippen LogP contribution in [0.25, 0.3) is 11.0 Å². The Bertz CT molecular complexity index is 705. The van der Waals surface area contributed by atoms with Crippen LogP contribution in [0.5, 0.6) is 5.75 Å². The van der Waals surface area contributed by atoms with E-state index in [-0.39, 0.29) is 12.0 Å². The second-order valence-corrected chi connectivity index (χ2v) is 4.54. The Morgan fingerprint density at radius 1 is 1.29 bits per heavy atom. The summed E-state index contributed by atoms with van der Waals surface area (Å²) in [5.41, 5.74) is 0.516. The van der Waals surface area contributed by atoms with Crippen LogP contribution in [0.15, 0.2) is 32.6 Å². The number of anilines is 1. The molecule has 0 fully saturated rings. The van der Waals surface area contributed by atoms with Crippen molar-refractivity contribution in [1.82, 2.24) is 0 Å². The molecule has 0 aliphatic heterocycles. The van der Waals surface area contributed by atoms with Gasteiger partial charge in [0.1, 0.15) is 17.9 Å². The van der Waals surface area contributed by atoms with Crippen molar-refractivity contribution in [3.05, 3.63) is 38.9 Å². The highest BCUT2D eigenvalue weighted by Gasteiger charge is 2.18. The summed E-state index contributed by atoms with van der Waals surface area (Å²) in [6.45, 7) is 5.05. The van der Waals surface area contributed by atoms with E-state index in [1.54, 1.807) is 25.3 Å². The lowest BCUT2D eigenvalue weighted by Crippen LogP contribution is -2.26. The molecule has 0 radical (unpaired) electrons. The quantitative estimate of drug-likeness (QED) is 0.765. The molecule has 112 valence electrons. The molecule has 0 spiro atoms. The SMILES string of the molecule is CCN(CC)c1oc2cc(OC)ccc2c(=O)c1CN=O. The third-order valence-corrected chi connectivity index (χ3v) is 3.45. The summed E-state index contributed by atoms with van der Waals surface area (Å²) >= 11 is 0. The fourth-order valence-corrected chi connectivity index (χ4v) is 2.30. The molecule has 0 aliphatic rings. The molecule has 6 nitrogen and oxygen atoms in total. The van der Waals surface area contributed by atoms with Gasteiger partial charge in [0.15, 0.2) is 5.43 Å². The van der Waals surface area contributed by atoms with Crippen LogP contribution in [0, 0.1) is 4.91 Å². The van der Waals surface area contributed by atoms with Gasteiger partial charge in [-0.3, -0.25) is 4.79 Å². The first-order chi connectivity index (χ1) is 10.2. The molecule has 0 saturated carbocycles. The number of benzene rings is 1. The molecule has 0 bridgehead atoms. The van der Waals surface area contributed by atoms with Gasteiger partial charge in [-0.15, -0.1) is 0 Å². The van der Waals surface area contributed by atoms with Gasteiger partial charge in [0.05, 0.1) is 18.1 Å². The van der Waals surface area contributed by atoms with E-state index in [4.69, 9.17) is 9.15 Å². The average molecular weight is 290 g/mol. The number of ether oxygens (including phenoxy) is 1. The van der Waals surface area contributed by atoms with Gasteiger partial charge in [-0.25, -0.2) is 0 Å². The van der Waals surface area contributed by atoms with Crippen molar-refractivity contribution >= 4 is 16.9 Å². The third-order valence-electron chi connectivity index (χ3n) is 3.45. The first kappa shape index (κ1) is 15.0. The molecule has 0 unspecified atom stereocenters. The fraction of sp³-hybridized carbons (Fsp3) is 0.400. The number of fused-ring (bicyclic) bond motifs is 1. The normalized spacial score (nSPS) is 10.6. The van der Waals surface area contributed by atoms with E-state index >= 15 is 0 Å². The molecular formula is C15H18N2O4. The van der Waals surface area contributed by atoms with Crippen molar-refractivity contribution in [2.24, 2.45) is 5.18 Å². The summed E-state index contributed by atoms with van der Waals surface area (Å²) in [6, 6.07) is 5.00. The highest BCUT2D eigenvalue weighted by atomic mass is 16.5. The molecule has 0 atom stereocenters. The molecule has 6 heteroatoms. The van der Waals surface area contributed by atoms with E-state index in [0.29, 0.717) is 41.3 Å². The van der Waals surface area contributed by atoms with Crippen molar-refractivity contribution in [2.75, 3.05) is 25.1 Å². The maximum Gasteiger partial charge on any atom is 0.205 e. The van der Waals surface area contributed by atoms with E-state index in [2.05, 4.69) is 5.18 Å². The summed E-state index contributed by atoms with van der Waals surface area (Å²) in [5, 5.41) is 3.28. The third kappa shape index (κ3) is 2.74. The number of rotatable bonds is 6. The molecule has 1 heterocycles. The summed E-state index contributed by atoms with van der Waals surface area (Å²) < 4.78 is 11.0. The van der Waals surface area contributed by atoms with Gasteiger partial charge >= 0.3 is 0 Å². The van der Waals surface area contributed by atoms with Crippen LogP contribution in [-0.4, -0.2) is 20.2 Å². The molecule has 0 N–H and O–H groups in total. The van der Waals surface area contributed by atoms with E-state index < -0.39 is 0 Å². The Kier molecular flexibility index (Phi) is 4.57. The Morgan fingerprint density at radius 3 is 2.57 bits per heavy atom. The van der Waals surface area contributed by atoms with Crippen LogP contribution in [0.4, 0.5) is 5.88 Å². The zero-order chi connectivity index (χ0) is 15.4. The largest absolute Gasteiger partial charge is 0.497 e. The van der Waals surface area contributed by atoms with E-state index in [1.807, 2.05) is 18.7 Å². The second kappa shape index (κ2) is 6.39. The maximum atomic E-state index is 12.5. The summed E-state index contributed by atoms with van der Waals surface area (Å²) in [4.78, 5) is 25.1. The van der Waals surface area contributed by atoms with E-state index in [1.165, 1.54) is 0 Å². The molecule has 2 rings (SSSR count). The lowest BCUT2D eigenvalue weighted by atomic mass is 10.1. The van der Waals surface area contributed by atoms with Gasteiger partial charge < -0.3 is 14.1 Å². The minimum absolute atomic E-state index is 0.198. The van der Waals surface area contributed by atoms with Crippen molar-refractivity contribution in [3.8, 4) is 5.75 Å². The van der Waals surface area contributed by atoms with Gasteiger partial charge in [-0.1, -0.05) is 5.18 Å². The maximum absolute atomic E-state index is 12.5. The fourth-order valence-electron chi connectivity index (χ4n) is 2.30. The molecule has 0 saturated heterocycles. The zero-order valence-electron chi connectivity index (χ0n) is 12.4. The summed E-state index contributed by atoms with van der Waals surface area (Å²) in [5.74, 6) is 1.02. The molecular weight excluding hydrogens is 272 g/mol. The number of hydrogen-bond donors (Lipinski definition) is 0. The Balaban J connectivity index is 2.77. The lowest BCUT2D eigenvalue weighted by molar-refractivity contribution is 0.414. The summed E-state index contributed by atoms with van der Waals surface area (Å²) in [6.07, 6.45) is 0. The van der Waals surface area contributed by atoms with Gasteiger partial charge in [-0.05, 0) is 26.0 Å². The Hall–Kier alpha value is -2.37. The summed E-state index contributed by atoms with van der Waals surface area (Å²) in [7, 11) is 1.55. The van der Waals surface area contributed by atoms with Crippen molar-refractivity contribution in [2.45, 2.75) is 20.4 Å². The first-order valence-corrected chi connectivity index (χ1v) is 6.84. The number of methoxy groups -OCH3 is 1. The van der Waals surface area contributed by atoms with Gasteiger partial charge in [-0.2, -0.15) is 4.91 Å². The second-order valence-electron chi connectivity index (χ2n) is 4.54. The first-order valence-electron chi connectivity index (χ1n) is 6.84. The van der Waals surface area contributed by atoms with Crippen LogP contribution in [0.3, 0.4) is 0 Å². The predicted octanol–water partition coefficient (Wildman–Crippen LogP) is 2.91. The molecule has 1 aromatic heterocycles. The van der Waals surface area contributed by atoms with Gasteiger partial charge in [0.25, 0.3) is 0 Å². The van der Waals surface area contributed by atoms with Crippen molar-refractivity contribution < 1.29 is 9.15 Å². The van der Waals surface area contributed by atoms with Crippen LogP contribution < -0.4 is 15.1 Å². The zero-order valence-corrected chi connectivity index (χ0v) is 12.4. The van der Waals surface area contributed by atoms with Crippen LogP contribution >= 0.6 is 0 Å². The Morgan fingerprint density at radius 2 is 2.00 bits per heavy atom. The van der Waals surface area contributed by atoms with E-state index in [0.717, 1.165) is 0 Å². The topological polar surface area (TPSA) is 72.1 Å². The highest BCUT2D eigenvalue weighted by Crippen LogP contribution is 2.26. The van der Waals surface area contributed by atoms with Crippen molar-refractivity contribution in [3.63, 3.8) is 0 Å². The number of hydrogen-bond acceptors (Lipinski definition) is 6. The Labute approximate surface area is 122 Å². The minimum Gasteiger partial charge on any atom is -0.497 e. The smallest absolute Gasteiger partial charge is 0.205 e. The van der Waals surface area contributed by atoms with E-state index in [9.17, 15) is 9.70 Å². The number of nitrogens with zero attached hydrogens (tertiary/aromatic N) is 2. The molecule has 1 aromatic carbocycles.